The van der Waals surface area contributed by atoms with Crippen LogP contribution in [0.1, 0.15) is 34.8 Å². The Morgan fingerprint density at radius 1 is 1.25 bits per heavy atom. The van der Waals surface area contributed by atoms with Crippen LogP contribution in [0.2, 0.25) is 0 Å². The van der Waals surface area contributed by atoms with Gasteiger partial charge in [0.25, 0.3) is 11.5 Å². The number of nitrogens with zero attached hydrogens (tertiary/aromatic N) is 5. The molecule has 2 aromatic heterocycles. The number of aryl methyl sites for hydroxylation is 1. The number of rotatable bonds is 4. The van der Waals surface area contributed by atoms with Crippen molar-refractivity contribution in [2.24, 2.45) is 12.8 Å². The molecule has 0 saturated carbocycles. The first kappa shape index (κ1) is 18.0. The summed E-state index contributed by atoms with van der Waals surface area (Å²) in [5.41, 5.74) is 7.46. The Labute approximate surface area is 162 Å². The van der Waals surface area contributed by atoms with Gasteiger partial charge < -0.3 is 15.2 Å². The molecule has 28 heavy (non-hydrogen) atoms. The van der Waals surface area contributed by atoms with E-state index in [0.29, 0.717) is 23.6 Å². The Morgan fingerprint density at radius 3 is 2.79 bits per heavy atom. The molecule has 2 N–H and O–H groups in total. The highest BCUT2D eigenvalue weighted by atomic mass is 16.1. The van der Waals surface area contributed by atoms with Crippen molar-refractivity contribution in [3.63, 3.8) is 0 Å². The third-order valence-corrected chi connectivity index (χ3v) is 5.14. The van der Waals surface area contributed by atoms with Gasteiger partial charge >= 0.3 is 0 Å². The van der Waals surface area contributed by atoms with E-state index < -0.39 is 5.91 Å². The van der Waals surface area contributed by atoms with Gasteiger partial charge in [-0.1, -0.05) is 18.2 Å². The number of piperidine rings is 1. The molecule has 1 amide bonds. The third-order valence-electron chi connectivity index (χ3n) is 5.14. The van der Waals surface area contributed by atoms with Crippen molar-refractivity contribution >= 4 is 11.7 Å². The first-order valence-corrected chi connectivity index (χ1v) is 9.26. The molecule has 1 atom stereocenters. The number of nitrogens with two attached hydrogens (primary N) is 1. The highest BCUT2D eigenvalue weighted by molar-refractivity contribution is 5.94. The van der Waals surface area contributed by atoms with E-state index in [1.807, 2.05) is 35.2 Å². The molecule has 0 aliphatic carbocycles. The Kier molecular flexibility index (Phi) is 4.68. The quantitative estimate of drug-likeness (QED) is 0.741. The molecular weight excluding hydrogens is 356 g/mol. The number of hydrogen-bond donors (Lipinski definition) is 1. The van der Waals surface area contributed by atoms with Crippen LogP contribution in [0.25, 0.3) is 5.69 Å². The molecule has 3 heterocycles. The maximum absolute atomic E-state index is 12.4. The van der Waals surface area contributed by atoms with Gasteiger partial charge in [0.2, 0.25) is 0 Å². The summed E-state index contributed by atoms with van der Waals surface area (Å²) in [5.74, 6) is -0.0752. The predicted octanol–water partition coefficient (Wildman–Crippen LogP) is 1.45. The van der Waals surface area contributed by atoms with E-state index in [2.05, 4.69) is 10.1 Å². The number of amides is 1. The van der Waals surface area contributed by atoms with Crippen LogP contribution in [-0.2, 0) is 7.05 Å². The summed E-state index contributed by atoms with van der Waals surface area (Å²) in [5, 5.41) is 4.68. The van der Waals surface area contributed by atoms with Crippen molar-refractivity contribution in [2.45, 2.75) is 18.8 Å². The smallest absolute Gasteiger partial charge is 0.293 e. The van der Waals surface area contributed by atoms with E-state index in [4.69, 9.17) is 5.73 Å². The molecule has 1 aliphatic rings. The standard InChI is InChI=1S/C20H22N6O2/c1-24-11-9-22-19(20(24)28)25-10-5-6-14(12-25)17-16(18(21)27)13-26(23-17)15-7-3-2-4-8-15/h2-4,7-9,11,13-14H,5-6,10,12H2,1H3,(H2,21,27)/t14-/m1/s1. The summed E-state index contributed by atoms with van der Waals surface area (Å²) in [6, 6.07) is 9.60. The Morgan fingerprint density at radius 2 is 2.04 bits per heavy atom. The van der Waals surface area contributed by atoms with E-state index in [9.17, 15) is 9.59 Å². The minimum atomic E-state index is -0.497. The van der Waals surface area contributed by atoms with Gasteiger partial charge in [-0.05, 0) is 25.0 Å². The molecule has 1 saturated heterocycles. The van der Waals surface area contributed by atoms with Gasteiger partial charge in [0.05, 0.1) is 16.9 Å². The largest absolute Gasteiger partial charge is 0.365 e. The van der Waals surface area contributed by atoms with E-state index >= 15 is 0 Å². The van der Waals surface area contributed by atoms with Gasteiger partial charge in [0.15, 0.2) is 5.82 Å². The zero-order valence-corrected chi connectivity index (χ0v) is 15.7. The molecule has 0 unspecified atom stereocenters. The SMILES string of the molecule is Cn1ccnc(N2CCC[C@@H](c3nn(-c4ccccc4)cc3C(N)=O)C2)c1=O. The van der Waals surface area contributed by atoms with Crippen LogP contribution in [0.3, 0.4) is 0 Å². The molecule has 4 rings (SSSR count). The first-order valence-electron chi connectivity index (χ1n) is 9.26. The second-order valence-corrected chi connectivity index (χ2v) is 7.02. The van der Waals surface area contributed by atoms with E-state index in [0.717, 1.165) is 25.1 Å². The number of hydrogen-bond acceptors (Lipinski definition) is 5. The van der Waals surface area contributed by atoms with Crippen molar-refractivity contribution in [1.82, 2.24) is 19.3 Å². The normalized spacial score (nSPS) is 16.9. The van der Waals surface area contributed by atoms with Gasteiger partial charge in [-0.25, -0.2) is 9.67 Å². The number of primary amides is 1. The van der Waals surface area contributed by atoms with Crippen LogP contribution in [-0.4, -0.2) is 38.3 Å². The van der Waals surface area contributed by atoms with Gasteiger partial charge in [0.1, 0.15) is 0 Å². The lowest BCUT2D eigenvalue weighted by Gasteiger charge is -2.32. The summed E-state index contributed by atoms with van der Waals surface area (Å²) < 4.78 is 3.21. The lowest BCUT2D eigenvalue weighted by Crippen LogP contribution is -2.39. The van der Waals surface area contributed by atoms with Crippen LogP contribution in [0.15, 0.2) is 53.7 Å². The second-order valence-electron chi connectivity index (χ2n) is 7.02. The molecule has 0 radical (unpaired) electrons. The summed E-state index contributed by atoms with van der Waals surface area (Å²) in [6.07, 6.45) is 6.70. The maximum Gasteiger partial charge on any atom is 0.293 e. The van der Waals surface area contributed by atoms with E-state index in [-0.39, 0.29) is 11.5 Å². The fourth-order valence-electron chi connectivity index (χ4n) is 3.69. The highest BCUT2D eigenvalue weighted by Crippen LogP contribution is 2.30. The third kappa shape index (κ3) is 3.28. The molecule has 8 nitrogen and oxygen atoms in total. The van der Waals surface area contributed by atoms with Crippen molar-refractivity contribution in [1.29, 1.82) is 0 Å². The van der Waals surface area contributed by atoms with E-state index in [1.54, 1.807) is 30.3 Å². The summed E-state index contributed by atoms with van der Waals surface area (Å²) in [6.45, 7) is 1.31. The molecule has 0 spiro atoms. The molecule has 1 aliphatic heterocycles. The van der Waals surface area contributed by atoms with Crippen LogP contribution in [0.4, 0.5) is 5.82 Å². The zero-order valence-electron chi connectivity index (χ0n) is 15.7. The van der Waals surface area contributed by atoms with Crippen LogP contribution < -0.4 is 16.2 Å². The van der Waals surface area contributed by atoms with Crippen molar-refractivity contribution in [3.05, 3.63) is 70.5 Å². The molecule has 3 aromatic rings. The number of aromatic nitrogens is 4. The van der Waals surface area contributed by atoms with E-state index in [1.165, 1.54) is 4.57 Å². The molecule has 144 valence electrons. The fourth-order valence-corrected chi connectivity index (χ4v) is 3.69. The summed E-state index contributed by atoms with van der Waals surface area (Å²) in [4.78, 5) is 30.7. The van der Waals surface area contributed by atoms with Crippen LogP contribution >= 0.6 is 0 Å². The van der Waals surface area contributed by atoms with Gasteiger partial charge in [0, 0.05) is 44.6 Å². The van der Waals surface area contributed by atoms with Crippen molar-refractivity contribution in [3.8, 4) is 5.69 Å². The molecule has 0 bridgehead atoms. The number of carbonyl (C=O) groups excluding carboxylic acids is 1. The minimum Gasteiger partial charge on any atom is -0.365 e. The predicted molar refractivity (Wildman–Crippen MR) is 106 cm³/mol. The Bertz CT molecular complexity index is 1060. The van der Waals surface area contributed by atoms with Crippen LogP contribution in [0.5, 0.6) is 0 Å². The lowest BCUT2D eigenvalue weighted by atomic mass is 9.92. The van der Waals surface area contributed by atoms with Gasteiger partial charge in [-0.3, -0.25) is 9.59 Å². The lowest BCUT2D eigenvalue weighted by molar-refractivity contribution is 0.0999. The topological polar surface area (TPSA) is 99.0 Å². The van der Waals surface area contributed by atoms with Crippen molar-refractivity contribution in [2.75, 3.05) is 18.0 Å². The monoisotopic (exact) mass is 378 g/mol. The second kappa shape index (κ2) is 7.30. The highest BCUT2D eigenvalue weighted by Gasteiger charge is 2.29. The number of anilines is 1. The minimum absolute atomic E-state index is 0.00655. The first-order chi connectivity index (χ1) is 13.5. The Hall–Kier alpha value is -3.42. The number of benzene rings is 1. The molecule has 1 aromatic carbocycles. The summed E-state index contributed by atoms with van der Waals surface area (Å²) >= 11 is 0. The molecular formula is C20H22N6O2. The fraction of sp³-hybridized carbons (Fsp3) is 0.300. The Balaban J connectivity index is 1.68. The summed E-state index contributed by atoms with van der Waals surface area (Å²) in [7, 11) is 1.71. The molecule has 8 heteroatoms. The zero-order chi connectivity index (χ0) is 19.7. The number of carbonyl (C=O) groups is 1. The van der Waals surface area contributed by atoms with Crippen molar-refractivity contribution < 1.29 is 4.79 Å². The average Bonchev–Trinajstić information content (AvgIpc) is 3.17. The van der Waals surface area contributed by atoms with Gasteiger partial charge in [-0.2, -0.15) is 5.10 Å². The average molecular weight is 378 g/mol. The van der Waals surface area contributed by atoms with Gasteiger partial charge in [-0.15, -0.1) is 0 Å². The molecule has 1 fully saturated rings. The van der Waals surface area contributed by atoms with Crippen LogP contribution in [0, 0.1) is 0 Å². The maximum atomic E-state index is 12.4. The number of para-hydroxylation sites is 1.